The zero-order valence-electron chi connectivity index (χ0n) is 7.75. The van der Waals surface area contributed by atoms with Crippen molar-refractivity contribution in [2.75, 3.05) is 6.61 Å². The van der Waals surface area contributed by atoms with E-state index in [9.17, 15) is 0 Å². The van der Waals surface area contributed by atoms with E-state index in [1.165, 1.54) is 25.0 Å². The highest BCUT2D eigenvalue weighted by Gasteiger charge is 2.15. The smallest absolute Gasteiger partial charge is 0.135 e. The quantitative estimate of drug-likeness (QED) is 0.360. The molecule has 0 aromatic heterocycles. The summed E-state index contributed by atoms with van der Waals surface area (Å²) in [6.07, 6.45) is 6.69. The van der Waals surface area contributed by atoms with Crippen LogP contribution in [0.25, 0.3) is 0 Å². The fourth-order valence-corrected chi connectivity index (χ4v) is 1.48. The molecule has 12 heavy (non-hydrogen) atoms. The Morgan fingerprint density at radius 2 is 2.50 bits per heavy atom. The van der Waals surface area contributed by atoms with Crippen LogP contribution in [-0.2, 0) is 4.84 Å². The van der Waals surface area contributed by atoms with E-state index < -0.39 is 0 Å². The van der Waals surface area contributed by atoms with Crippen LogP contribution >= 0.6 is 0 Å². The van der Waals surface area contributed by atoms with E-state index in [2.05, 4.69) is 18.7 Å². The Kier molecular flexibility index (Phi) is 3.85. The Bertz CT molecular complexity index is 175. The van der Waals surface area contributed by atoms with Gasteiger partial charge in [0.25, 0.3) is 0 Å². The van der Waals surface area contributed by atoms with Crippen LogP contribution in [0.4, 0.5) is 0 Å². The highest BCUT2D eigenvalue weighted by Crippen LogP contribution is 2.20. The highest BCUT2D eigenvalue weighted by atomic mass is 16.6. The number of hydrogen-bond donors (Lipinski definition) is 0. The lowest BCUT2D eigenvalue weighted by Gasteiger charge is -2.19. The van der Waals surface area contributed by atoms with E-state index in [1.807, 2.05) is 0 Å². The van der Waals surface area contributed by atoms with Crippen molar-refractivity contribution in [3.05, 3.63) is 12.7 Å². The molecule has 0 aromatic carbocycles. The van der Waals surface area contributed by atoms with Crippen molar-refractivity contribution in [2.24, 2.45) is 11.1 Å². The third-order valence-electron chi connectivity index (χ3n) is 2.26. The first-order valence-electron chi connectivity index (χ1n) is 4.64. The molecule has 68 valence electrons. The van der Waals surface area contributed by atoms with Crippen LogP contribution < -0.4 is 0 Å². The van der Waals surface area contributed by atoms with Gasteiger partial charge >= 0.3 is 0 Å². The molecule has 0 aromatic rings. The second kappa shape index (κ2) is 4.96. The summed E-state index contributed by atoms with van der Waals surface area (Å²) >= 11 is 0. The second-order valence-corrected chi connectivity index (χ2v) is 3.31. The minimum absolute atomic E-state index is 0.524. The normalized spacial score (nSPS) is 27.1. The first kappa shape index (κ1) is 9.30. The molecule has 0 N–H and O–H groups in total. The summed E-state index contributed by atoms with van der Waals surface area (Å²) in [6.45, 7) is 6.31. The minimum Gasteiger partial charge on any atom is -0.392 e. The van der Waals surface area contributed by atoms with E-state index in [0.717, 1.165) is 6.42 Å². The van der Waals surface area contributed by atoms with Crippen molar-refractivity contribution >= 4 is 5.71 Å². The molecule has 1 rings (SSSR count). The van der Waals surface area contributed by atoms with Crippen LogP contribution in [0.5, 0.6) is 0 Å². The Hall–Kier alpha value is -0.790. The molecule has 0 saturated heterocycles. The number of hydrogen-bond acceptors (Lipinski definition) is 2. The summed E-state index contributed by atoms with van der Waals surface area (Å²) in [4.78, 5) is 5.06. The molecule has 1 aliphatic carbocycles. The van der Waals surface area contributed by atoms with Crippen molar-refractivity contribution in [3.63, 3.8) is 0 Å². The zero-order chi connectivity index (χ0) is 8.81. The molecule has 2 heteroatoms. The fourth-order valence-electron chi connectivity index (χ4n) is 1.48. The molecule has 1 saturated carbocycles. The van der Waals surface area contributed by atoms with Crippen LogP contribution in [-0.4, -0.2) is 12.3 Å². The predicted octanol–water partition coefficient (Wildman–Crippen LogP) is 2.76. The predicted molar refractivity (Wildman–Crippen MR) is 51.2 cm³/mol. The summed E-state index contributed by atoms with van der Waals surface area (Å²) in [5.41, 5.74) is 1.23. The molecule has 0 bridgehead atoms. The van der Waals surface area contributed by atoms with E-state index in [1.54, 1.807) is 6.08 Å². The van der Waals surface area contributed by atoms with E-state index in [0.29, 0.717) is 12.5 Å². The van der Waals surface area contributed by atoms with Crippen molar-refractivity contribution < 1.29 is 4.84 Å². The maximum absolute atomic E-state index is 5.06. The summed E-state index contributed by atoms with van der Waals surface area (Å²) in [5, 5.41) is 4.10. The van der Waals surface area contributed by atoms with Gasteiger partial charge in [-0.25, -0.2) is 0 Å². The molecule has 0 aliphatic heterocycles. The monoisotopic (exact) mass is 167 g/mol. The molecule has 2 nitrogen and oxygen atoms in total. The number of oxime groups is 1. The van der Waals surface area contributed by atoms with Crippen molar-refractivity contribution in [1.29, 1.82) is 0 Å². The van der Waals surface area contributed by atoms with Crippen molar-refractivity contribution in [2.45, 2.75) is 32.6 Å². The number of nitrogens with zero attached hydrogens (tertiary/aromatic N) is 1. The molecule has 0 spiro atoms. The van der Waals surface area contributed by atoms with Gasteiger partial charge in [-0.05, 0) is 25.2 Å². The summed E-state index contributed by atoms with van der Waals surface area (Å²) in [6, 6.07) is 0. The Morgan fingerprint density at radius 3 is 3.17 bits per heavy atom. The molecule has 0 amide bonds. The molecular weight excluding hydrogens is 150 g/mol. The first-order valence-corrected chi connectivity index (χ1v) is 4.64. The van der Waals surface area contributed by atoms with Gasteiger partial charge in [-0.2, -0.15) is 0 Å². The molecule has 1 atom stereocenters. The topological polar surface area (TPSA) is 21.6 Å². The van der Waals surface area contributed by atoms with Gasteiger partial charge in [-0.3, -0.25) is 0 Å². The van der Waals surface area contributed by atoms with Crippen LogP contribution in [0, 0.1) is 5.92 Å². The van der Waals surface area contributed by atoms with E-state index >= 15 is 0 Å². The lowest BCUT2D eigenvalue weighted by atomic mass is 9.89. The van der Waals surface area contributed by atoms with Crippen LogP contribution in [0.3, 0.4) is 0 Å². The summed E-state index contributed by atoms with van der Waals surface area (Å²) in [5.74, 6) is 0.614. The largest absolute Gasteiger partial charge is 0.392 e. The summed E-state index contributed by atoms with van der Waals surface area (Å²) < 4.78 is 0. The van der Waals surface area contributed by atoms with Gasteiger partial charge < -0.3 is 4.84 Å². The van der Waals surface area contributed by atoms with E-state index in [4.69, 9.17) is 4.84 Å². The molecule has 1 unspecified atom stereocenters. The molecular formula is C10H17NO. The second-order valence-electron chi connectivity index (χ2n) is 3.31. The maximum atomic E-state index is 5.06. The third kappa shape index (κ3) is 2.68. The zero-order valence-corrected chi connectivity index (χ0v) is 7.75. The van der Waals surface area contributed by atoms with Crippen LogP contribution in [0.1, 0.15) is 32.6 Å². The van der Waals surface area contributed by atoms with Gasteiger partial charge in [0.15, 0.2) is 0 Å². The Labute approximate surface area is 74.3 Å². The van der Waals surface area contributed by atoms with Crippen LogP contribution in [0.2, 0.25) is 0 Å². The lowest BCUT2D eigenvalue weighted by molar-refractivity contribution is 0.171. The first-order chi connectivity index (χ1) is 5.84. The average Bonchev–Trinajstić information content (AvgIpc) is 2.09. The Balaban J connectivity index is 2.36. The third-order valence-corrected chi connectivity index (χ3v) is 2.26. The average molecular weight is 167 g/mol. The van der Waals surface area contributed by atoms with Crippen LogP contribution in [0.15, 0.2) is 17.8 Å². The van der Waals surface area contributed by atoms with Gasteiger partial charge in [0.2, 0.25) is 0 Å². The van der Waals surface area contributed by atoms with Crippen molar-refractivity contribution in [1.82, 2.24) is 0 Å². The van der Waals surface area contributed by atoms with E-state index in [-0.39, 0.29) is 0 Å². The lowest BCUT2D eigenvalue weighted by Crippen LogP contribution is -2.16. The summed E-state index contributed by atoms with van der Waals surface area (Å²) in [7, 11) is 0. The molecule has 1 aliphatic rings. The SMILES string of the molecule is C=CCON=C1CCCCC1C. The highest BCUT2D eigenvalue weighted by molar-refractivity contribution is 5.86. The standard InChI is InChI=1S/C10H17NO/c1-3-8-12-11-10-7-5-4-6-9(10)2/h3,9H,1,4-8H2,2H3. The minimum atomic E-state index is 0.524. The van der Waals surface area contributed by atoms with Gasteiger partial charge in [0, 0.05) is 0 Å². The Morgan fingerprint density at radius 1 is 1.67 bits per heavy atom. The maximum Gasteiger partial charge on any atom is 0.135 e. The van der Waals surface area contributed by atoms with Gasteiger partial charge in [0.1, 0.15) is 6.61 Å². The molecule has 1 fully saturated rings. The van der Waals surface area contributed by atoms with Gasteiger partial charge in [0.05, 0.1) is 5.71 Å². The van der Waals surface area contributed by atoms with Gasteiger partial charge in [-0.1, -0.05) is 31.2 Å². The van der Waals surface area contributed by atoms with Crippen molar-refractivity contribution in [3.8, 4) is 0 Å². The fraction of sp³-hybridized carbons (Fsp3) is 0.700. The number of rotatable bonds is 3. The van der Waals surface area contributed by atoms with Gasteiger partial charge in [-0.15, -0.1) is 0 Å². The molecule has 0 heterocycles. The molecule has 0 radical (unpaired) electrons.